The molecule has 5 heteroatoms. The normalized spacial score (nSPS) is 11.3. The Balaban J connectivity index is 1.88. The molecular weight excluding hydrogens is 344 g/mol. The molecule has 0 aliphatic carbocycles. The van der Waals surface area contributed by atoms with Crippen molar-refractivity contribution in [2.75, 3.05) is 0 Å². The monoisotopic (exact) mass is 357 g/mol. The molecule has 0 aliphatic heterocycles. The first-order valence-electron chi connectivity index (χ1n) is 8.48. The quantitative estimate of drug-likeness (QED) is 0.416. The Kier molecular flexibility index (Phi) is 3.47. The lowest BCUT2D eigenvalue weighted by Gasteiger charge is -2.14. The van der Waals surface area contributed by atoms with Gasteiger partial charge in [0.1, 0.15) is 11.5 Å². The maximum Gasteiger partial charge on any atom is 0.174 e. The van der Waals surface area contributed by atoms with E-state index in [0.29, 0.717) is 22.2 Å². The molecular formula is C22H13F2N3. The highest BCUT2D eigenvalue weighted by Gasteiger charge is 2.19. The summed E-state index contributed by atoms with van der Waals surface area (Å²) in [4.78, 5) is 8.63. The van der Waals surface area contributed by atoms with Gasteiger partial charge < -0.3 is 4.57 Å². The molecule has 27 heavy (non-hydrogen) atoms. The molecule has 3 heterocycles. The number of benzene rings is 2. The number of para-hydroxylation sites is 1. The minimum absolute atomic E-state index is 0.194. The van der Waals surface area contributed by atoms with Gasteiger partial charge in [-0.15, -0.1) is 0 Å². The third-order valence-electron chi connectivity index (χ3n) is 4.66. The number of nitrogens with zero attached hydrogens (tertiary/aromatic N) is 3. The van der Waals surface area contributed by atoms with Crippen molar-refractivity contribution in [3.05, 3.63) is 90.9 Å². The smallest absolute Gasteiger partial charge is 0.174 e. The molecule has 0 spiro atoms. The molecule has 0 amide bonds. The maximum absolute atomic E-state index is 15.7. The van der Waals surface area contributed by atoms with E-state index in [1.54, 1.807) is 12.4 Å². The minimum Gasteiger partial charge on any atom is -0.313 e. The average Bonchev–Trinajstić information content (AvgIpc) is 3.12. The first kappa shape index (κ1) is 15.6. The molecule has 0 N–H and O–H groups in total. The van der Waals surface area contributed by atoms with Gasteiger partial charge in [0.15, 0.2) is 5.82 Å². The van der Waals surface area contributed by atoms with E-state index in [-0.39, 0.29) is 11.5 Å². The van der Waals surface area contributed by atoms with Crippen LogP contribution >= 0.6 is 0 Å². The summed E-state index contributed by atoms with van der Waals surface area (Å²) in [6.45, 7) is 0. The Morgan fingerprint density at radius 1 is 0.852 bits per heavy atom. The van der Waals surface area contributed by atoms with E-state index in [2.05, 4.69) is 9.97 Å². The topological polar surface area (TPSA) is 30.7 Å². The molecule has 3 aromatic heterocycles. The fourth-order valence-corrected chi connectivity index (χ4v) is 3.38. The number of hydrogen-bond acceptors (Lipinski definition) is 2. The summed E-state index contributed by atoms with van der Waals surface area (Å²) in [7, 11) is 0. The van der Waals surface area contributed by atoms with E-state index >= 15 is 4.39 Å². The van der Waals surface area contributed by atoms with Gasteiger partial charge in [-0.3, -0.25) is 4.98 Å². The van der Waals surface area contributed by atoms with Crippen molar-refractivity contribution < 1.29 is 8.78 Å². The van der Waals surface area contributed by atoms with Crippen LogP contribution in [0.4, 0.5) is 8.78 Å². The van der Waals surface area contributed by atoms with Crippen LogP contribution in [0.3, 0.4) is 0 Å². The maximum atomic E-state index is 15.7. The van der Waals surface area contributed by atoms with Gasteiger partial charge in [-0.2, -0.15) is 0 Å². The second kappa shape index (κ2) is 5.99. The zero-order valence-electron chi connectivity index (χ0n) is 14.1. The van der Waals surface area contributed by atoms with Gasteiger partial charge >= 0.3 is 0 Å². The molecule has 5 aromatic rings. The molecule has 3 nitrogen and oxygen atoms in total. The summed E-state index contributed by atoms with van der Waals surface area (Å²) in [6, 6.07) is 16.9. The molecule has 0 unspecified atom stereocenters. The Bertz CT molecular complexity index is 1290. The molecule has 0 bridgehead atoms. The van der Waals surface area contributed by atoms with E-state index in [1.807, 2.05) is 47.2 Å². The highest BCUT2D eigenvalue weighted by Crippen LogP contribution is 2.33. The lowest BCUT2D eigenvalue weighted by atomic mass is 10.1. The van der Waals surface area contributed by atoms with Crippen LogP contribution in [0.5, 0.6) is 0 Å². The van der Waals surface area contributed by atoms with Gasteiger partial charge in [0.05, 0.1) is 16.7 Å². The standard InChI is InChI=1S/C22H13F2N3/c23-16-7-5-14(6-8-16)21-20(24)22(17-3-1-2-4-18(17)26-21)27-12-10-15-13-25-11-9-19(15)27/h1-13H. The summed E-state index contributed by atoms with van der Waals surface area (Å²) < 4.78 is 30.8. The second-order valence-electron chi connectivity index (χ2n) is 6.27. The predicted octanol–water partition coefficient (Wildman–Crippen LogP) is 5.52. The number of aromatic nitrogens is 3. The van der Waals surface area contributed by atoms with Gasteiger partial charge in [-0.05, 0) is 42.5 Å². The zero-order valence-corrected chi connectivity index (χ0v) is 14.1. The number of rotatable bonds is 2. The summed E-state index contributed by atoms with van der Waals surface area (Å²) >= 11 is 0. The highest BCUT2D eigenvalue weighted by molar-refractivity contribution is 5.93. The Morgan fingerprint density at radius 3 is 2.52 bits per heavy atom. The van der Waals surface area contributed by atoms with Crippen molar-refractivity contribution in [3.8, 4) is 16.9 Å². The van der Waals surface area contributed by atoms with Crippen molar-refractivity contribution >= 4 is 21.8 Å². The van der Waals surface area contributed by atoms with E-state index < -0.39 is 5.82 Å². The minimum atomic E-state index is -0.449. The molecule has 0 radical (unpaired) electrons. The van der Waals surface area contributed by atoms with Gasteiger partial charge in [-0.25, -0.2) is 13.8 Å². The number of pyridine rings is 2. The first-order valence-corrected chi connectivity index (χ1v) is 8.48. The van der Waals surface area contributed by atoms with Crippen LogP contribution in [0.2, 0.25) is 0 Å². The van der Waals surface area contributed by atoms with E-state index in [0.717, 1.165) is 10.9 Å². The third-order valence-corrected chi connectivity index (χ3v) is 4.66. The van der Waals surface area contributed by atoms with Crippen molar-refractivity contribution in [1.29, 1.82) is 0 Å². The molecule has 0 saturated carbocycles. The average molecular weight is 357 g/mol. The van der Waals surface area contributed by atoms with Crippen molar-refractivity contribution in [1.82, 2.24) is 14.5 Å². The number of hydrogen-bond donors (Lipinski definition) is 0. The first-order chi connectivity index (χ1) is 13.2. The van der Waals surface area contributed by atoms with Crippen LogP contribution in [-0.2, 0) is 0 Å². The summed E-state index contributed by atoms with van der Waals surface area (Å²) in [6.07, 6.45) is 5.25. The molecule has 2 aromatic carbocycles. The van der Waals surface area contributed by atoms with Crippen LogP contribution in [0.1, 0.15) is 0 Å². The molecule has 5 rings (SSSR count). The molecule has 0 fully saturated rings. The summed E-state index contributed by atoms with van der Waals surface area (Å²) in [5.41, 5.74) is 2.66. The van der Waals surface area contributed by atoms with Gasteiger partial charge in [0, 0.05) is 34.9 Å². The van der Waals surface area contributed by atoms with E-state index in [1.165, 1.54) is 24.3 Å². The number of halogens is 2. The van der Waals surface area contributed by atoms with Crippen LogP contribution in [-0.4, -0.2) is 14.5 Å². The van der Waals surface area contributed by atoms with Crippen LogP contribution < -0.4 is 0 Å². The van der Waals surface area contributed by atoms with Gasteiger partial charge in [-0.1, -0.05) is 18.2 Å². The Hall–Kier alpha value is -3.60. The van der Waals surface area contributed by atoms with Crippen LogP contribution in [0, 0.1) is 11.6 Å². The molecule has 0 atom stereocenters. The highest BCUT2D eigenvalue weighted by atomic mass is 19.1. The lowest BCUT2D eigenvalue weighted by Crippen LogP contribution is -2.02. The summed E-state index contributed by atoms with van der Waals surface area (Å²) in [5, 5.41) is 1.62. The second-order valence-corrected chi connectivity index (χ2v) is 6.27. The Labute approximate surface area is 153 Å². The van der Waals surface area contributed by atoms with Crippen molar-refractivity contribution in [2.24, 2.45) is 0 Å². The summed E-state index contributed by atoms with van der Waals surface area (Å²) in [5.74, 6) is -0.821. The number of fused-ring (bicyclic) bond motifs is 2. The molecule has 0 aliphatic rings. The fourth-order valence-electron chi connectivity index (χ4n) is 3.38. The van der Waals surface area contributed by atoms with Crippen LogP contribution in [0.25, 0.3) is 38.8 Å². The molecule has 130 valence electrons. The van der Waals surface area contributed by atoms with E-state index in [9.17, 15) is 4.39 Å². The van der Waals surface area contributed by atoms with Gasteiger partial charge in [0.25, 0.3) is 0 Å². The van der Waals surface area contributed by atoms with Gasteiger partial charge in [0.2, 0.25) is 0 Å². The largest absolute Gasteiger partial charge is 0.313 e. The van der Waals surface area contributed by atoms with Crippen molar-refractivity contribution in [3.63, 3.8) is 0 Å². The fraction of sp³-hybridized carbons (Fsp3) is 0. The lowest BCUT2D eigenvalue weighted by molar-refractivity contribution is 0.619. The predicted molar refractivity (Wildman–Crippen MR) is 102 cm³/mol. The SMILES string of the molecule is Fc1ccc(-c2nc3ccccc3c(-n3ccc4cnccc43)c2F)cc1. The van der Waals surface area contributed by atoms with Crippen LogP contribution in [0.15, 0.2) is 79.3 Å². The third kappa shape index (κ3) is 2.47. The molecule has 0 saturated heterocycles. The Morgan fingerprint density at radius 2 is 1.67 bits per heavy atom. The van der Waals surface area contributed by atoms with E-state index in [4.69, 9.17) is 0 Å². The zero-order chi connectivity index (χ0) is 18.4. The van der Waals surface area contributed by atoms with Crippen molar-refractivity contribution in [2.45, 2.75) is 0 Å².